The monoisotopic (exact) mass is 520 g/mol. The van der Waals surface area contributed by atoms with Gasteiger partial charge >= 0.3 is 6.36 Å². The normalized spacial score (nSPS) is 17.7. The molecule has 0 saturated heterocycles. The van der Waals surface area contributed by atoms with E-state index in [-0.39, 0.29) is 18.9 Å². The van der Waals surface area contributed by atoms with E-state index in [0.717, 1.165) is 42.9 Å². The third-order valence-corrected chi connectivity index (χ3v) is 6.98. The maximum atomic E-state index is 14.7. The highest BCUT2D eigenvalue weighted by atomic mass is 19.4. The van der Waals surface area contributed by atoms with Crippen LogP contribution in [0.2, 0.25) is 0 Å². The molecule has 3 aromatic rings. The molecule has 0 aliphatic heterocycles. The lowest BCUT2D eigenvalue weighted by Crippen LogP contribution is -2.16. The second-order valence-electron chi connectivity index (χ2n) is 9.39. The summed E-state index contributed by atoms with van der Waals surface area (Å²) in [4.78, 5) is 0. The molecule has 0 N–H and O–H groups in total. The Kier molecular flexibility index (Phi) is 9.57. The first-order chi connectivity index (χ1) is 17.2. The topological polar surface area (TPSA) is 18.5 Å². The van der Waals surface area contributed by atoms with Crippen molar-refractivity contribution in [2.75, 3.05) is 0 Å². The third-order valence-electron chi connectivity index (χ3n) is 6.98. The molecule has 0 heterocycles. The standard InChI is InChI=1S/C29H29F5O2.CH4/c1-2-19-3-5-20(6-4-19)7-8-21-9-11-22(12-10-21)25-17-18-26(30)27(31)28(25)35-23-13-15-24(16-14-23)36-29(32,33)34;/h9-20H,2-8H2,1H3;1H4. The van der Waals surface area contributed by atoms with Gasteiger partial charge < -0.3 is 9.47 Å². The lowest BCUT2D eigenvalue weighted by Gasteiger charge is -2.27. The average molecular weight is 521 g/mol. The van der Waals surface area contributed by atoms with E-state index in [1.54, 1.807) is 0 Å². The van der Waals surface area contributed by atoms with Crippen LogP contribution < -0.4 is 9.47 Å². The van der Waals surface area contributed by atoms with Gasteiger partial charge in [0.2, 0.25) is 5.82 Å². The van der Waals surface area contributed by atoms with Crippen LogP contribution >= 0.6 is 0 Å². The first-order valence-electron chi connectivity index (χ1n) is 12.3. The zero-order valence-electron chi connectivity index (χ0n) is 20.1. The average Bonchev–Trinajstić information content (AvgIpc) is 2.86. The van der Waals surface area contributed by atoms with E-state index in [1.165, 1.54) is 55.9 Å². The maximum Gasteiger partial charge on any atom is 0.573 e. The van der Waals surface area contributed by atoms with Crippen LogP contribution in [0.3, 0.4) is 0 Å². The summed E-state index contributed by atoms with van der Waals surface area (Å²) in [6, 6.07) is 14.6. The van der Waals surface area contributed by atoms with Crippen molar-refractivity contribution in [2.24, 2.45) is 11.8 Å². The zero-order valence-corrected chi connectivity index (χ0v) is 20.1. The van der Waals surface area contributed by atoms with Crippen molar-refractivity contribution in [1.82, 2.24) is 0 Å². The molecule has 0 atom stereocenters. The van der Waals surface area contributed by atoms with Crippen molar-refractivity contribution in [3.8, 4) is 28.4 Å². The lowest BCUT2D eigenvalue weighted by molar-refractivity contribution is -0.274. The zero-order chi connectivity index (χ0) is 25.7. The SMILES string of the molecule is C.CCC1CCC(CCc2ccc(-c3ccc(F)c(F)c3Oc3ccc(OC(F)(F)F)cc3)cc2)CC1. The van der Waals surface area contributed by atoms with Gasteiger partial charge in [-0.1, -0.05) is 70.7 Å². The molecule has 37 heavy (non-hydrogen) atoms. The molecule has 0 aromatic heterocycles. The molecular weight excluding hydrogens is 487 g/mol. The van der Waals surface area contributed by atoms with Gasteiger partial charge in [0.15, 0.2) is 11.6 Å². The van der Waals surface area contributed by atoms with Gasteiger partial charge in [-0.3, -0.25) is 0 Å². The van der Waals surface area contributed by atoms with Crippen LogP contribution in [0, 0.1) is 23.5 Å². The van der Waals surface area contributed by atoms with Crippen molar-refractivity contribution in [1.29, 1.82) is 0 Å². The quantitative estimate of drug-likeness (QED) is 0.275. The van der Waals surface area contributed by atoms with Gasteiger partial charge in [-0.15, -0.1) is 13.2 Å². The summed E-state index contributed by atoms with van der Waals surface area (Å²) in [6.07, 6.45) is 3.75. The van der Waals surface area contributed by atoms with Gasteiger partial charge in [0.05, 0.1) is 0 Å². The highest BCUT2D eigenvalue weighted by molar-refractivity contribution is 5.71. The number of benzene rings is 3. The highest BCUT2D eigenvalue weighted by Crippen LogP contribution is 2.38. The van der Waals surface area contributed by atoms with Crippen LogP contribution in [0.1, 0.15) is 58.4 Å². The molecular formula is C30H33F5O2. The van der Waals surface area contributed by atoms with Crippen LogP contribution in [-0.2, 0) is 6.42 Å². The van der Waals surface area contributed by atoms with Crippen molar-refractivity contribution < 1.29 is 31.4 Å². The fourth-order valence-corrected chi connectivity index (χ4v) is 4.84. The first-order valence-corrected chi connectivity index (χ1v) is 12.3. The predicted molar refractivity (Wildman–Crippen MR) is 136 cm³/mol. The number of alkyl halides is 3. The third kappa shape index (κ3) is 7.70. The van der Waals surface area contributed by atoms with Crippen molar-refractivity contribution in [3.63, 3.8) is 0 Å². The Morgan fingerprint density at radius 1 is 0.784 bits per heavy atom. The maximum absolute atomic E-state index is 14.7. The molecule has 3 aromatic carbocycles. The van der Waals surface area contributed by atoms with Crippen molar-refractivity contribution in [2.45, 2.75) is 65.7 Å². The molecule has 1 aliphatic rings. The summed E-state index contributed by atoms with van der Waals surface area (Å²) in [5, 5.41) is 0. The van der Waals surface area contributed by atoms with E-state index in [0.29, 0.717) is 11.1 Å². The molecule has 200 valence electrons. The molecule has 7 heteroatoms. The van der Waals surface area contributed by atoms with Gasteiger partial charge in [0, 0.05) is 5.56 Å². The minimum absolute atomic E-state index is 0. The van der Waals surface area contributed by atoms with E-state index in [9.17, 15) is 22.0 Å². The molecule has 1 fully saturated rings. The van der Waals surface area contributed by atoms with Crippen LogP contribution in [0.25, 0.3) is 11.1 Å². The molecule has 0 radical (unpaired) electrons. The Hall–Kier alpha value is -3.09. The van der Waals surface area contributed by atoms with E-state index in [1.807, 2.05) is 24.3 Å². The number of ether oxygens (including phenoxy) is 2. The second kappa shape index (κ2) is 12.4. The first kappa shape index (κ1) is 28.5. The fraction of sp³-hybridized carbons (Fsp3) is 0.400. The second-order valence-corrected chi connectivity index (χ2v) is 9.39. The Balaban J connectivity index is 0.00000380. The van der Waals surface area contributed by atoms with Crippen LogP contribution in [0.15, 0.2) is 60.7 Å². The van der Waals surface area contributed by atoms with E-state index in [4.69, 9.17) is 4.74 Å². The summed E-state index contributed by atoms with van der Waals surface area (Å²) >= 11 is 0. The molecule has 2 nitrogen and oxygen atoms in total. The number of rotatable bonds is 8. The van der Waals surface area contributed by atoms with E-state index < -0.39 is 23.7 Å². The fourth-order valence-electron chi connectivity index (χ4n) is 4.84. The van der Waals surface area contributed by atoms with E-state index >= 15 is 0 Å². The smallest absolute Gasteiger partial charge is 0.454 e. The Morgan fingerprint density at radius 2 is 1.38 bits per heavy atom. The van der Waals surface area contributed by atoms with Gasteiger partial charge in [-0.2, -0.15) is 4.39 Å². The van der Waals surface area contributed by atoms with E-state index in [2.05, 4.69) is 11.7 Å². The van der Waals surface area contributed by atoms with Gasteiger partial charge in [-0.25, -0.2) is 4.39 Å². The summed E-state index contributed by atoms with van der Waals surface area (Å²) in [5.74, 6) is -1.35. The Labute approximate surface area is 215 Å². The van der Waals surface area contributed by atoms with Crippen LogP contribution in [0.4, 0.5) is 22.0 Å². The van der Waals surface area contributed by atoms with Gasteiger partial charge in [-0.05, 0) is 72.2 Å². The predicted octanol–water partition coefficient (Wildman–Crippen LogP) is 10.1. The number of hydrogen-bond acceptors (Lipinski definition) is 2. The van der Waals surface area contributed by atoms with Crippen molar-refractivity contribution in [3.05, 3.63) is 77.9 Å². The summed E-state index contributed by atoms with van der Waals surface area (Å²) < 4.78 is 75.3. The molecule has 0 spiro atoms. The van der Waals surface area contributed by atoms with Gasteiger partial charge in [0.1, 0.15) is 11.5 Å². The summed E-state index contributed by atoms with van der Waals surface area (Å²) in [6.45, 7) is 2.26. The lowest BCUT2D eigenvalue weighted by atomic mass is 9.78. The molecule has 1 saturated carbocycles. The largest absolute Gasteiger partial charge is 0.573 e. The molecule has 4 rings (SSSR count). The molecule has 0 bridgehead atoms. The number of hydrogen-bond donors (Lipinski definition) is 0. The molecule has 1 aliphatic carbocycles. The number of aryl methyl sites for hydroxylation is 1. The minimum atomic E-state index is -4.83. The molecule has 0 amide bonds. The minimum Gasteiger partial charge on any atom is -0.454 e. The summed E-state index contributed by atoms with van der Waals surface area (Å²) in [7, 11) is 0. The summed E-state index contributed by atoms with van der Waals surface area (Å²) in [5.41, 5.74) is 2.17. The van der Waals surface area contributed by atoms with Gasteiger partial charge in [0.25, 0.3) is 0 Å². The van der Waals surface area contributed by atoms with Crippen LogP contribution in [0.5, 0.6) is 17.2 Å². The van der Waals surface area contributed by atoms with Crippen molar-refractivity contribution >= 4 is 0 Å². The molecule has 0 unspecified atom stereocenters. The van der Waals surface area contributed by atoms with Crippen LogP contribution in [-0.4, -0.2) is 6.36 Å². The highest BCUT2D eigenvalue weighted by Gasteiger charge is 2.31. The Bertz CT molecular complexity index is 1130. The number of halogens is 5. The Morgan fingerprint density at radius 3 is 1.97 bits per heavy atom.